The van der Waals surface area contributed by atoms with Crippen LogP contribution in [0.15, 0.2) is 71.3 Å². The molecule has 8 heteroatoms. The summed E-state index contributed by atoms with van der Waals surface area (Å²) in [5.41, 5.74) is 3.33. The van der Waals surface area contributed by atoms with E-state index in [1.165, 1.54) is 4.90 Å². The van der Waals surface area contributed by atoms with Crippen LogP contribution in [0.3, 0.4) is 0 Å². The Labute approximate surface area is 207 Å². The van der Waals surface area contributed by atoms with Crippen LogP contribution in [-0.4, -0.2) is 46.9 Å². The van der Waals surface area contributed by atoms with E-state index < -0.39 is 0 Å². The molecular weight excluding hydrogens is 458 g/mol. The van der Waals surface area contributed by atoms with Crippen LogP contribution in [-0.2, 0) is 0 Å². The minimum atomic E-state index is -0.285. The average Bonchev–Trinajstić information content (AvgIpc) is 3.64. The number of ether oxygens (including phenoxy) is 2. The quantitative estimate of drug-likeness (QED) is 0.328. The number of aromatic nitrogens is 2. The number of hydrogen-bond acceptors (Lipinski definition) is 7. The molecular formula is C28H23N3O5. The van der Waals surface area contributed by atoms with Crippen molar-refractivity contribution in [3.8, 4) is 34.2 Å². The third-order valence-electron chi connectivity index (χ3n) is 6.37. The molecule has 0 saturated heterocycles. The molecule has 1 saturated carbocycles. The standard InChI is InChI=1S/C28H23N3O5/c1-34-23-13-10-19(16-29-23)24-25(36-26(30-24)18-6-7-18)17-8-11-20(12-9-17)35-15-14-31-27(32)21-4-2-3-5-22(21)28(31)33/h2-5,8-13,16,18H,6-7,14-15H2,1H3. The zero-order chi connectivity index (χ0) is 24.6. The van der Waals surface area contributed by atoms with Crippen LogP contribution >= 0.6 is 0 Å². The van der Waals surface area contributed by atoms with E-state index in [0.29, 0.717) is 34.4 Å². The molecule has 0 atom stereocenters. The highest BCUT2D eigenvalue weighted by molar-refractivity contribution is 6.21. The molecule has 1 aliphatic carbocycles. The number of hydrogen-bond donors (Lipinski definition) is 0. The first-order valence-electron chi connectivity index (χ1n) is 11.8. The average molecular weight is 482 g/mol. The number of nitrogens with zero attached hydrogens (tertiary/aromatic N) is 3. The van der Waals surface area contributed by atoms with Gasteiger partial charge < -0.3 is 13.9 Å². The Hall–Kier alpha value is -4.46. The normalized spacial score (nSPS) is 14.8. The van der Waals surface area contributed by atoms with Crippen molar-refractivity contribution in [1.82, 2.24) is 14.9 Å². The minimum Gasteiger partial charge on any atom is -0.492 e. The lowest BCUT2D eigenvalue weighted by Crippen LogP contribution is -2.33. The van der Waals surface area contributed by atoms with E-state index in [9.17, 15) is 9.59 Å². The second kappa shape index (κ2) is 8.96. The van der Waals surface area contributed by atoms with Crippen molar-refractivity contribution in [2.45, 2.75) is 18.8 Å². The fourth-order valence-electron chi connectivity index (χ4n) is 4.27. The predicted octanol–water partition coefficient (Wildman–Crippen LogP) is 4.96. The molecule has 6 rings (SSSR count). The van der Waals surface area contributed by atoms with E-state index in [0.717, 1.165) is 35.6 Å². The van der Waals surface area contributed by atoms with Crippen molar-refractivity contribution in [2.24, 2.45) is 0 Å². The number of pyridine rings is 1. The molecule has 2 aliphatic rings. The molecule has 2 aromatic heterocycles. The Morgan fingerprint density at radius 2 is 1.64 bits per heavy atom. The van der Waals surface area contributed by atoms with Crippen LogP contribution in [0.5, 0.6) is 11.6 Å². The summed E-state index contributed by atoms with van der Waals surface area (Å²) in [5.74, 6) is 2.39. The van der Waals surface area contributed by atoms with Gasteiger partial charge in [0.25, 0.3) is 11.8 Å². The summed E-state index contributed by atoms with van der Waals surface area (Å²) in [6, 6.07) is 18.1. The van der Waals surface area contributed by atoms with Crippen molar-refractivity contribution in [3.63, 3.8) is 0 Å². The highest BCUT2D eigenvalue weighted by atomic mass is 16.5. The van der Waals surface area contributed by atoms with Crippen LogP contribution in [0.1, 0.15) is 45.4 Å². The Balaban J connectivity index is 1.16. The fourth-order valence-corrected chi connectivity index (χ4v) is 4.27. The first-order chi connectivity index (χ1) is 17.6. The van der Waals surface area contributed by atoms with Crippen molar-refractivity contribution in [3.05, 3.63) is 83.9 Å². The maximum atomic E-state index is 12.5. The first kappa shape index (κ1) is 22.0. The van der Waals surface area contributed by atoms with Gasteiger partial charge in [0.05, 0.1) is 24.8 Å². The number of carbonyl (C=O) groups is 2. The summed E-state index contributed by atoms with van der Waals surface area (Å²) in [5, 5.41) is 0. The van der Waals surface area contributed by atoms with E-state index in [2.05, 4.69) is 4.98 Å². The molecule has 1 fully saturated rings. The lowest BCUT2D eigenvalue weighted by atomic mass is 10.1. The van der Waals surface area contributed by atoms with Crippen molar-refractivity contribution in [2.75, 3.05) is 20.3 Å². The molecule has 1 aliphatic heterocycles. The van der Waals surface area contributed by atoms with E-state index in [-0.39, 0.29) is 25.0 Å². The number of imide groups is 1. The predicted molar refractivity (Wildman–Crippen MR) is 131 cm³/mol. The summed E-state index contributed by atoms with van der Waals surface area (Å²) in [7, 11) is 1.58. The molecule has 2 aromatic carbocycles. The van der Waals surface area contributed by atoms with Gasteiger partial charge >= 0.3 is 0 Å². The Bertz CT molecular complexity index is 1400. The van der Waals surface area contributed by atoms with Gasteiger partial charge in [0.15, 0.2) is 11.7 Å². The molecule has 0 bridgehead atoms. The van der Waals surface area contributed by atoms with Crippen molar-refractivity contribution >= 4 is 11.8 Å². The SMILES string of the molecule is COc1ccc(-c2nc(C3CC3)oc2-c2ccc(OCCN3C(=O)c4ccccc4C3=O)cc2)cn1. The van der Waals surface area contributed by atoms with Gasteiger partial charge in [-0.05, 0) is 55.3 Å². The Morgan fingerprint density at radius 1 is 0.944 bits per heavy atom. The van der Waals surface area contributed by atoms with E-state index in [1.807, 2.05) is 30.3 Å². The largest absolute Gasteiger partial charge is 0.492 e. The summed E-state index contributed by atoms with van der Waals surface area (Å²) in [6.45, 7) is 0.372. The monoisotopic (exact) mass is 481 g/mol. The van der Waals surface area contributed by atoms with Gasteiger partial charge in [0.2, 0.25) is 5.88 Å². The molecule has 0 unspecified atom stereocenters. The Morgan fingerprint density at radius 3 is 2.25 bits per heavy atom. The smallest absolute Gasteiger partial charge is 0.261 e. The zero-order valence-electron chi connectivity index (χ0n) is 19.6. The Kier molecular flexibility index (Phi) is 5.48. The van der Waals surface area contributed by atoms with E-state index >= 15 is 0 Å². The molecule has 180 valence electrons. The first-order valence-corrected chi connectivity index (χ1v) is 11.8. The van der Waals surface area contributed by atoms with Gasteiger partial charge in [0.1, 0.15) is 18.1 Å². The lowest BCUT2D eigenvalue weighted by Gasteiger charge is -2.14. The number of oxazole rings is 1. The van der Waals surface area contributed by atoms with E-state index in [4.69, 9.17) is 18.9 Å². The molecule has 36 heavy (non-hydrogen) atoms. The van der Waals surface area contributed by atoms with Crippen LogP contribution in [0.4, 0.5) is 0 Å². The molecule has 8 nitrogen and oxygen atoms in total. The van der Waals surface area contributed by atoms with Gasteiger partial charge in [-0.15, -0.1) is 0 Å². The number of amides is 2. The maximum Gasteiger partial charge on any atom is 0.261 e. The van der Waals surface area contributed by atoms with Crippen molar-refractivity contribution in [1.29, 1.82) is 0 Å². The van der Waals surface area contributed by atoms with Gasteiger partial charge in [-0.3, -0.25) is 14.5 Å². The van der Waals surface area contributed by atoms with Crippen LogP contribution in [0.25, 0.3) is 22.6 Å². The second-order valence-electron chi connectivity index (χ2n) is 8.77. The highest BCUT2D eigenvalue weighted by Gasteiger charge is 2.35. The number of methoxy groups -OCH3 is 1. The zero-order valence-corrected chi connectivity index (χ0v) is 19.6. The summed E-state index contributed by atoms with van der Waals surface area (Å²) in [6.07, 6.45) is 3.90. The third kappa shape index (κ3) is 4.00. The number of rotatable bonds is 8. The number of benzene rings is 2. The van der Waals surface area contributed by atoms with Gasteiger partial charge in [-0.2, -0.15) is 0 Å². The number of fused-ring (bicyclic) bond motifs is 1. The summed E-state index contributed by atoms with van der Waals surface area (Å²) < 4.78 is 17.2. The third-order valence-corrected chi connectivity index (χ3v) is 6.37. The number of carbonyl (C=O) groups excluding carboxylic acids is 2. The van der Waals surface area contributed by atoms with Crippen LogP contribution < -0.4 is 9.47 Å². The van der Waals surface area contributed by atoms with Crippen molar-refractivity contribution < 1.29 is 23.5 Å². The highest BCUT2D eigenvalue weighted by Crippen LogP contribution is 2.43. The minimum absolute atomic E-state index is 0.176. The second-order valence-corrected chi connectivity index (χ2v) is 8.77. The van der Waals surface area contributed by atoms with E-state index in [1.54, 1.807) is 43.6 Å². The van der Waals surface area contributed by atoms with Gasteiger partial charge in [-0.25, -0.2) is 9.97 Å². The topological polar surface area (TPSA) is 94.8 Å². The molecule has 0 N–H and O–H groups in total. The fraction of sp³-hybridized carbons (Fsp3) is 0.214. The summed E-state index contributed by atoms with van der Waals surface area (Å²) >= 11 is 0. The lowest BCUT2D eigenvalue weighted by molar-refractivity contribution is 0.0631. The van der Waals surface area contributed by atoms with Gasteiger partial charge in [0, 0.05) is 29.3 Å². The van der Waals surface area contributed by atoms with Gasteiger partial charge in [-0.1, -0.05) is 12.1 Å². The molecule has 0 spiro atoms. The molecule has 0 radical (unpaired) electrons. The molecule has 4 aromatic rings. The maximum absolute atomic E-state index is 12.5. The van der Waals surface area contributed by atoms with Crippen LogP contribution in [0, 0.1) is 0 Å². The van der Waals surface area contributed by atoms with Crippen LogP contribution in [0.2, 0.25) is 0 Å². The molecule has 3 heterocycles. The summed E-state index contributed by atoms with van der Waals surface area (Å²) in [4.78, 5) is 35.3. The molecule has 2 amide bonds.